The average Bonchev–Trinajstić information content (AvgIpc) is 2.49. The minimum absolute atomic E-state index is 0.541. The Labute approximate surface area is 81.6 Å². The number of benzene rings is 1. The zero-order valence-corrected chi connectivity index (χ0v) is 8.34. The van der Waals surface area contributed by atoms with Crippen molar-refractivity contribution in [1.82, 2.24) is 0 Å². The lowest BCUT2D eigenvalue weighted by Gasteiger charge is -2.03. The maximum Gasteiger partial charge on any atom is 0.229 e. The smallest absolute Gasteiger partial charge is 0.229 e. The van der Waals surface area contributed by atoms with E-state index in [0.29, 0.717) is 11.3 Å². The second kappa shape index (κ2) is 3.02. The SMILES string of the molecule is CS(=O)(=O)Nc1cccc2occc12. The van der Waals surface area contributed by atoms with Crippen molar-refractivity contribution in [2.24, 2.45) is 0 Å². The predicted octanol–water partition coefficient (Wildman–Crippen LogP) is 1.80. The summed E-state index contributed by atoms with van der Waals surface area (Å²) in [6.45, 7) is 0. The first-order chi connectivity index (χ1) is 6.56. The van der Waals surface area contributed by atoms with E-state index in [-0.39, 0.29) is 0 Å². The van der Waals surface area contributed by atoms with Crippen LogP contribution in [0.2, 0.25) is 0 Å². The normalized spacial score (nSPS) is 11.8. The minimum atomic E-state index is -3.24. The highest BCUT2D eigenvalue weighted by Gasteiger charge is 2.06. The fourth-order valence-corrected chi connectivity index (χ4v) is 1.86. The molecule has 2 aromatic rings. The second-order valence-corrected chi connectivity index (χ2v) is 4.76. The molecule has 0 radical (unpaired) electrons. The van der Waals surface area contributed by atoms with E-state index in [1.807, 2.05) is 0 Å². The van der Waals surface area contributed by atoms with Crippen molar-refractivity contribution in [3.63, 3.8) is 0 Å². The van der Waals surface area contributed by atoms with Crippen molar-refractivity contribution in [2.45, 2.75) is 0 Å². The molecule has 0 saturated carbocycles. The summed E-state index contributed by atoms with van der Waals surface area (Å²) in [6.07, 6.45) is 2.64. The molecule has 1 N–H and O–H groups in total. The molecule has 0 saturated heterocycles. The van der Waals surface area contributed by atoms with E-state index in [2.05, 4.69) is 4.72 Å². The van der Waals surface area contributed by atoms with E-state index < -0.39 is 10.0 Å². The number of hydrogen-bond acceptors (Lipinski definition) is 3. The first-order valence-corrected chi connectivity index (χ1v) is 5.89. The van der Waals surface area contributed by atoms with Crippen LogP contribution in [0.15, 0.2) is 34.9 Å². The maximum atomic E-state index is 11.0. The number of furan rings is 1. The first-order valence-electron chi connectivity index (χ1n) is 4.00. The molecule has 0 aliphatic rings. The number of rotatable bonds is 2. The van der Waals surface area contributed by atoms with Crippen LogP contribution in [0.5, 0.6) is 0 Å². The van der Waals surface area contributed by atoms with Crippen LogP contribution in [-0.2, 0) is 10.0 Å². The molecule has 74 valence electrons. The maximum absolute atomic E-state index is 11.0. The average molecular weight is 211 g/mol. The third-order valence-corrected chi connectivity index (χ3v) is 2.38. The largest absolute Gasteiger partial charge is 0.464 e. The van der Waals surface area contributed by atoms with Gasteiger partial charge in [-0.2, -0.15) is 0 Å². The van der Waals surface area contributed by atoms with Gasteiger partial charge in [-0.25, -0.2) is 8.42 Å². The first kappa shape index (κ1) is 9.08. The molecule has 0 aliphatic carbocycles. The van der Waals surface area contributed by atoms with E-state index in [0.717, 1.165) is 11.6 Å². The molecule has 0 aliphatic heterocycles. The Morgan fingerprint density at radius 3 is 2.79 bits per heavy atom. The molecule has 5 heteroatoms. The standard InChI is InChI=1S/C9H9NO3S/c1-14(11,12)10-8-3-2-4-9-7(8)5-6-13-9/h2-6,10H,1H3. The topological polar surface area (TPSA) is 59.3 Å². The minimum Gasteiger partial charge on any atom is -0.464 e. The molecule has 1 aromatic carbocycles. The molecule has 0 unspecified atom stereocenters. The van der Waals surface area contributed by atoms with Crippen molar-refractivity contribution in [3.8, 4) is 0 Å². The highest BCUT2D eigenvalue weighted by atomic mass is 32.2. The van der Waals surface area contributed by atoms with Crippen LogP contribution in [0.4, 0.5) is 5.69 Å². The van der Waals surface area contributed by atoms with Gasteiger partial charge in [-0.15, -0.1) is 0 Å². The second-order valence-electron chi connectivity index (χ2n) is 3.01. The molecule has 14 heavy (non-hydrogen) atoms. The summed E-state index contributed by atoms with van der Waals surface area (Å²) < 4.78 is 29.6. The fourth-order valence-electron chi connectivity index (χ4n) is 1.28. The van der Waals surface area contributed by atoms with Gasteiger partial charge in [-0.05, 0) is 18.2 Å². The van der Waals surface area contributed by atoms with Crippen molar-refractivity contribution in [3.05, 3.63) is 30.5 Å². The zero-order valence-electron chi connectivity index (χ0n) is 7.52. The molecule has 0 amide bonds. The van der Waals surface area contributed by atoms with E-state index in [4.69, 9.17) is 4.42 Å². The highest BCUT2D eigenvalue weighted by molar-refractivity contribution is 7.92. The van der Waals surface area contributed by atoms with Gasteiger partial charge >= 0.3 is 0 Å². The number of sulfonamides is 1. The number of hydrogen-bond donors (Lipinski definition) is 1. The number of fused-ring (bicyclic) bond motifs is 1. The quantitative estimate of drug-likeness (QED) is 0.824. The number of anilines is 1. The Hall–Kier alpha value is -1.49. The third-order valence-electron chi connectivity index (χ3n) is 1.79. The van der Waals surface area contributed by atoms with E-state index in [1.165, 1.54) is 6.26 Å². The van der Waals surface area contributed by atoms with E-state index in [9.17, 15) is 8.42 Å². The summed E-state index contributed by atoms with van der Waals surface area (Å²) in [6, 6.07) is 6.93. The van der Waals surface area contributed by atoms with Gasteiger partial charge in [-0.3, -0.25) is 4.72 Å². The van der Waals surface area contributed by atoms with Crippen molar-refractivity contribution in [2.75, 3.05) is 11.0 Å². The van der Waals surface area contributed by atoms with Crippen molar-refractivity contribution < 1.29 is 12.8 Å². The molecular formula is C9H9NO3S. The molecule has 0 atom stereocenters. The van der Waals surface area contributed by atoms with Crippen molar-refractivity contribution in [1.29, 1.82) is 0 Å². The van der Waals surface area contributed by atoms with Crippen LogP contribution in [0.3, 0.4) is 0 Å². The molecule has 0 fully saturated rings. The summed E-state index contributed by atoms with van der Waals surface area (Å²) in [7, 11) is -3.24. The Bertz CT molecular complexity index is 556. The van der Waals surface area contributed by atoms with Crippen LogP contribution in [0.25, 0.3) is 11.0 Å². The van der Waals surface area contributed by atoms with E-state index in [1.54, 1.807) is 24.3 Å². The summed E-state index contributed by atoms with van der Waals surface area (Å²) in [5, 5.41) is 0.762. The van der Waals surface area contributed by atoms with Crippen LogP contribution in [0, 0.1) is 0 Å². The van der Waals surface area contributed by atoms with Gasteiger partial charge in [0.05, 0.1) is 18.2 Å². The molecule has 1 heterocycles. The zero-order chi connectivity index (χ0) is 10.2. The van der Waals surface area contributed by atoms with Gasteiger partial charge in [0.25, 0.3) is 0 Å². The Morgan fingerprint density at radius 1 is 1.29 bits per heavy atom. The van der Waals surface area contributed by atoms with Crippen LogP contribution in [0.1, 0.15) is 0 Å². The van der Waals surface area contributed by atoms with Gasteiger partial charge in [0, 0.05) is 5.39 Å². The summed E-state index contributed by atoms with van der Waals surface area (Å²) in [5.41, 5.74) is 1.21. The Morgan fingerprint density at radius 2 is 2.07 bits per heavy atom. The monoisotopic (exact) mass is 211 g/mol. The predicted molar refractivity (Wildman–Crippen MR) is 54.7 cm³/mol. The van der Waals surface area contributed by atoms with E-state index >= 15 is 0 Å². The molecule has 2 rings (SSSR count). The van der Waals surface area contributed by atoms with Gasteiger partial charge < -0.3 is 4.42 Å². The lowest BCUT2D eigenvalue weighted by atomic mass is 10.2. The fraction of sp³-hybridized carbons (Fsp3) is 0.111. The summed E-state index contributed by atoms with van der Waals surface area (Å²) >= 11 is 0. The molecule has 0 bridgehead atoms. The Kier molecular flexibility index (Phi) is 1.96. The van der Waals surface area contributed by atoms with Gasteiger partial charge in [-0.1, -0.05) is 6.07 Å². The van der Waals surface area contributed by atoms with Crippen LogP contribution < -0.4 is 4.72 Å². The molecule has 4 nitrogen and oxygen atoms in total. The third kappa shape index (κ3) is 1.72. The van der Waals surface area contributed by atoms with Crippen LogP contribution in [-0.4, -0.2) is 14.7 Å². The van der Waals surface area contributed by atoms with Gasteiger partial charge in [0.2, 0.25) is 10.0 Å². The molecule has 1 aromatic heterocycles. The van der Waals surface area contributed by atoms with Crippen molar-refractivity contribution >= 4 is 26.7 Å². The lowest BCUT2D eigenvalue weighted by Crippen LogP contribution is -2.09. The molecular weight excluding hydrogens is 202 g/mol. The van der Waals surface area contributed by atoms with Gasteiger partial charge in [0.15, 0.2) is 0 Å². The van der Waals surface area contributed by atoms with Crippen LogP contribution >= 0.6 is 0 Å². The lowest BCUT2D eigenvalue weighted by molar-refractivity contribution is 0.607. The summed E-state index contributed by atoms with van der Waals surface area (Å²) in [4.78, 5) is 0. The highest BCUT2D eigenvalue weighted by Crippen LogP contribution is 2.24. The Balaban J connectivity index is 2.57. The number of nitrogens with one attached hydrogen (secondary N) is 1. The summed E-state index contributed by atoms with van der Waals surface area (Å²) in [5.74, 6) is 0. The molecule has 0 spiro atoms. The van der Waals surface area contributed by atoms with Gasteiger partial charge in [0.1, 0.15) is 5.58 Å².